The molecule has 2 aromatic carbocycles. The van der Waals surface area contributed by atoms with E-state index in [1.807, 2.05) is 30.1 Å². The lowest BCUT2D eigenvalue weighted by Gasteiger charge is -2.44. The average Bonchev–Trinajstić information content (AvgIpc) is 3.48. The monoisotopic (exact) mass is 504 g/mol. The van der Waals surface area contributed by atoms with E-state index < -0.39 is 0 Å². The summed E-state index contributed by atoms with van der Waals surface area (Å²) in [6, 6.07) is 14.2. The number of nitrogens with zero attached hydrogens (tertiary/aromatic N) is 4. The van der Waals surface area contributed by atoms with Crippen LogP contribution in [0.15, 0.2) is 42.5 Å². The van der Waals surface area contributed by atoms with Crippen molar-refractivity contribution in [3.05, 3.63) is 48.0 Å². The van der Waals surface area contributed by atoms with Gasteiger partial charge in [-0.2, -0.15) is 4.98 Å². The molecule has 0 aliphatic carbocycles. The Morgan fingerprint density at radius 2 is 1.84 bits per heavy atom. The molecule has 196 valence electrons. The molecular formula is C28H36N6O3. The Bertz CT molecular complexity index is 1250. The minimum Gasteiger partial charge on any atom is -0.493 e. The molecule has 3 aromatic rings. The fourth-order valence-corrected chi connectivity index (χ4v) is 5.76. The van der Waals surface area contributed by atoms with Crippen molar-refractivity contribution in [2.45, 2.75) is 37.1 Å². The Kier molecular flexibility index (Phi) is 7.06. The highest BCUT2D eigenvalue weighted by atomic mass is 16.5. The van der Waals surface area contributed by atoms with Gasteiger partial charge in [-0.05, 0) is 43.9 Å². The van der Waals surface area contributed by atoms with Crippen LogP contribution in [0.25, 0.3) is 10.9 Å². The van der Waals surface area contributed by atoms with E-state index in [4.69, 9.17) is 20.2 Å². The number of ether oxygens (including phenoxy) is 2. The van der Waals surface area contributed by atoms with Crippen LogP contribution < -0.4 is 25.4 Å². The molecule has 0 spiro atoms. The van der Waals surface area contributed by atoms with E-state index in [1.165, 1.54) is 5.56 Å². The lowest BCUT2D eigenvalue weighted by Crippen LogP contribution is -2.53. The van der Waals surface area contributed by atoms with Crippen LogP contribution in [0.2, 0.25) is 0 Å². The van der Waals surface area contributed by atoms with Crippen molar-refractivity contribution < 1.29 is 14.3 Å². The molecule has 9 nitrogen and oxygen atoms in total. The van der Waals surface area contributed by atoms with Gasteiger partial charge in [0.05, 0.1) is 25.8 Å². The molecule has 0 bridgehead atoms. The number of fused-ring (bicyclic) bond motifs is 1. The maximum absolute atomic E-state index is 13.1. The van der Waals surface area contributed by atoms with E-state index in [2.05, 4.69) is 39.5 Å². The minimum absolute atomic E-state index is 0.0310. The number of nitrogen functional groups attached to an aromatic ring is 1. The Morgan fingerprint density at radius 3 is 2.49 bits per heavy atom. The number of hydrogen-bond acceptors (Lipinski definition) is 8. The molecule has 0 radical (unpaired) electrons. The van der Waals surface area contributed by atoms with Gasteiger partial charge in [0, 0.05) is 43.5 Å². The third kappa shape index (κ3) is 4.87. The number of likely N-dealkylation sites (N-methyl/N-ethyl adjacent to an activating group) is 1. The van der Waals surface area contributed by atoms with Crippen molar-refractivity contribution in [1.29, 1.82) is 0 Å². The Balaban J connectivity index is 1.42. The fraction of sp³-hybridized carbons (Fsp3) is 0.464. The second-order valence-corrected chi connectivity index (χ2v) is 10.1. The fourth-order valence-electron chi connectivity index (χ4n) is 5.76. The van der Waals surface area contributed by atoms with Crippen LogP contribution in [0.5, 0.6) is 11.5 Å². The number of carbonyl (C=O) groups is 1. The van der Waals surface area contributed by atoms with E-state index in [-0.39, 0.29) is 17.4 Å². The standard InChI is InChI=1S/C28H36N6O3/c1-33(27-31-22-17-24(37-3)23(36-2)16-20(22)25(29)32-27)18-28(19-8-5-4-6-9-19)11-14-34(15-12-28)26(35)21-10-7-13-30-21/h4-6,8-9,16-17,21,30H,7,10-15,18H2,1-3H3,(H2,29,31,32). The number of nitrogens with two attached hydrogens (primary N) is 1. The van der Waals surface area contributed by atoms with Crippen molar-refractivity contribution in [3.63, 3.8) is 0 Å². The van der Waals surface area contributed by atoms with Crippen LogP contribution in [0.1, 0.15) is 31.2 Å². The van der Waals surface area contributed by atoms with Gasteiger partial charge in [0.2, 0.25) is 11.9 Å². The number of nitrogens with one attached hydrogen (secondary N) is 1. The largest absolute Gasteiger partial charge is 0.493 e. The normalized spacial score (nSPS) is 19.1. The Labute approximate surface area is 218 Å². The first-order valence-electron chi connectivity index (χ1n) is 12.9. The molecule has 1 unspecified atom stereocenters. The molecule has 5 rings (SSSR count). The second-order valence-electron chi connectivity index (χ2n) is 10.1. The van der Waals surface area contributed by atoms with Crippen molar-refractivity contribution in [2.24, 2.45) is 0 Å². The van der Waals surface area contributed by atoms with Gasteiger partial charge in [0.15, 0.2) is 11.5 Å². The number of amides is 1. The van der Waals surface area contributed by atoms with Crippen molar-refractivity contribution >= 4 is 28.6 Å². The summed E-state index contributed by atoms with van der Waals surface area (Å²) in [7, 11) is 5.20. The maximum Gasteiger partial charge on any atom is 0.239 e. The molecule has 3 heterocycles. The quantitative estimate of drug-likeness (QED) is 0.506. The second kappa shape index (κ2) is 10.4. The number of anilines is 2. The number of aromatic nitrogens is 2. The van der Waals surface area contributed by atoms with Crippen molar-refractivity contribution in [2.75, 3.05) is 58.1 Å². The first-order chi connectivity index (χ1) is 17.9. The number of rotatable bonds is 7. The predicted octanol–water partition coefficient (Wildman–Crippen LogP) is 2.98. The molecular weight excluding hydrogens is 468 g/mol. The Morgan fingerprint density at radius 1 is 1.14 bits per heavy atom. The van der Waals surface area contributed by atoms with E-state index in [9.17, 15) is 4.79 Å². The van der Waals surface area contributed by atoms with E-state index in [1.54, 1.807) is 14.2 Å². The van der Waals surface area contributed by atoms with Gasteiger partial charge in [-0.25, -0.2) is 4.98 Å². The molecule has 3 N–H and O–H groups in total. The van der Waals surface area contributed by atoms with Crippen molar-refractivity contribution in [1.82, 2.24) is 20.2 Å². The Hall–Kier alpha value is -3.59. The van der Waals surface area contributed by atoms with Crippen LogP contribution in [0.4, 0.5) is 11.8 Å². The first-order valence-corrected chi connectivity index (χ1v) is 12.9. The van der Waals surface area contributed by atoms with Gasteiger partial charge in [0.1, 0.15) is 5.82 Å². The zero-order chi connectivity index (χ0) is 26.0. The highest BCUT2D eigenvalue weighted by molar-refractivity contribution is 5.91. The number of piperidine rings is 1. The van der Waals surface area contributed by atoms with E-state index in [0.717, 1.165) is 50.7 Å². The summed E-state index contributed by atoms with van der Waals surface area (Å²) in [4.78, 5) is 26.6. The lowest BCUT2D eigenvalue weighted by molar-refractivity contribution is -0.134. The van der Waals surface area contributed by atoms with E-state index >= 15 is 0 Å². The van der Waals surface area contributed by atoms with Gasteiger partial charge in [-0.15, -0.1) is 0 Å². The lowest BCUT2D eigenvalue weighted by atomic mass is 9.72. The number of methoxy groups -OCH3 is 2. The molecule has 2 saturated heterocycles. The molecule has 2 fully saturated rings. The van der Waals surface area contributed by atoms with Crippen LogP contribution in [0, 0.1) is 0 Å². The number of hydrogen-bond donors (Lipinski definition) is 2. The van der Waals surface area contributed by atoms with Gasteiger partial charge in [0.25, 0.3) is 0 Å². The predicted molar refractivity (Wildman–Crippen MR) is 145 cm³/mol. The molecule has 2 aliphatic heterocycles. The van der Waals surface area contributed by atoms with Gasteiger partial charge < -0.3 is 30.3 Å². The molecule has 9 heteroatoms. The van der Waals surface area contributed by atoms with Crippen LogP contribution in [-0.2, 0) is 10.2 Å². The zero-order valence-electron chi connectivity index (χ0n) is 21.9. The van der Waals surface area contributed by atoms with Crippen LogP contribution >= 0.6 is 0 Å². The zero-order valence-corrected chi connectivity index (χ0v) is 21.9. The third-order valence-corrected chi connectivity index (χ3v) is 7.88. The van der Waals surface area contributed by atoms with Gasteiger partial charge >= 0.3 is 0 Å². The first kappa shape index (κ1) is 25.1. The average molecular weight is 505 g/mol. The summed E-state index contributed by atoms with van der Waals surface area (Å²) in [6.07, 6.45) is 3.73. The molecule has 1 atom stereocenters. The number of benzene rings is 2. The highest BCUT2D eigenvalue weighted by Gasteiger charge is 2.40. The molecule has 1 amide bonds. The number of carbonyl (C=O) groups excluding carboxylic acids is 1. The van der Waals surface area contributed by atoms with Crippen LogP contribution in [-0.4, -0.2) is 74.3 Å². The van der Waals surface area contributed by atoms with Crippen molar-refractivity contribution in [3.8, 4) is 11.5 Å². The van der Waals surface area contributed by atoms with Gasteiger partial charge in [-0.1, -0.05) is 30.3 Å². The molecule has 1 aromatic heterocycles. The molecule has 2 aliphatic rings. The summed E-state index contributed by atoms with van der Waals surface area (Å²) in [5.41, 5.74) is 8.21. The summed E-state index contributed by atoms with van der Waals surface area (Å²) in [5, 5.41) is 4.07. The maximum atomic E-state index is 13.1. The number of likely N-dealkylation sites (tertiary alicyclic amines) is 1. The molecule has 0 saturated carbocycles. The third-order valence-electron chi connectivity index (χ3n) is 7.88. The SMILES string of the molecule is COc1cc2nc(N(C)CC3(c4ccccc4)CCN(C(=O)C4CCCN4)CC3)nc(N)c2cc1OC. The smallest absolute Gasteiger partial charge is 0.239 e. The van der Waals surface area contributed by atoms with Gasteiger partial charge in [-0.3, -0.25) is 4.79 Å². The summed E-state index contributed by atoms with van der Waals surface area (Å²) >= 11 is 0. The topological polar surface area (TPSA) is 106 Å². The van der Waals surface area contributed by atoms with E-state index in [0.29, 0.717) is 35.3 Å². The summed E-state index contributed by atoms with van der Waals surface area (Å²) in [5.74, 6) is 2.37. The summed E-state index contributed by atoms with van der Waals surface area (Å²) in [6.45, 7) is 3.10. The van der Waals surface area contributed by atoms with Crippen LogP contribution in [0.3, 0.4) is 0 Å². The summed E-state index contributed by atoms with van der Waals surface area (Å²) < 4.78 is 10.9. The minimum atomic E-state index is -0.138. The molecule has 37 heavy (non-hydrogen) atoms. The highest BCUT2D eigenvalue weighted by Crippen LogP contribution is 2.38.